The molecule has 0 radical (unpaired) electrons. The van der Waals surface area contributed by atoms with Crippen molar-refractivity contribution in [3.63, 3.8) is 0 Å². The molecule has 0 spiro atoms. The van der Waals surface area contributed by atoms with E-state index < -0.39 is 10.0 Å². The Kier molecular flexibility index (Phi) is 7.52. The van der Waals surface area contributed by atoms with Gasteiger partial charge < -0.3 is 9.42 Å². The predicted molar refractivity (Wildman–Crippen MR) is 137 cm³/mol. The van der Waals surface area contributed by atoms with Crippen molar-refractivity contribution in [2.75, 3.05) is 39.3 Å². The Labute approximate surface area is 219 Å². The summed E-state index contributed by atoms with van der Waals surface area (Å²) >= 11 is 3.46. The third-order valence-corrected chi connectivity index (χ3v) is 9.10. The second-order valence-electron chi connectivity index (χ2n) is 9.14. The van der Waals surface area contributed by atoms with Gasteiger partial charge in [0, 0.05) is 42.8 Å². The van der Waals surface area contributed by atoms with E-state index in [0.29, 0.717) is 51.0 Å². The molecule has 2 saturated heterocycles. The number of likely N-dealkylation sites (tertiary alicyclic amines) is 1. The van der Waals surface area contributed by atoms with Crippen LogP contribution in [-0.2, 0) is 21.4 Å². The molecular formula is C25H28BrN5O4S. The molecule has 0 saturated carbocycles. The van der Waals surface area contributed by atoms with E-state index in [1.807, 2.05) is 29.2 Å². The lowest BCUT2D eigenvalue weighted by molar-refractivity contribution is -0.138. The lowest BCUT2D eigenvalue weighted by atomic mass is 9.96. The van der Waals surface area contributed by atoms with Crippen LogP contribution < -0.4 is 0 Å². The van der Waals surface area contributed by atoms with Gasteiger partial charge in [0.2, 0.25) is 27.6 Å². The maximum Gasteiger partial charge on any atom is 0.243 e. The van der Waals surface area contributed by atoms with Crippen LogP contribution >= 0.6 is 15.9 Å². The van der Waals surface area contributed by atoms with E-state index >= 15 is 0 Å². The van der Waals surface area contributed by atoms with Crippen LogP contribution in [0.15, 0.2) is 68.5 Å². The molecule has 2 aliphatic heterocycles. The van der Waals surface area contributed by atoms with Crippen LogP contribution in [0.2, 0.25) is 0 Å². The van der Waals surface area contributed by atoms with Crippen LogP contribution in [0, 0.1) is 5.92 Å². The molecule has 1 unspecified atom stereocenters. The Morgan fingerprint density at radius 1 is 1.03 bits per heavy atom. The van der Waals surface area contributed by atoms with E-state index in [9.17, 15) is 13.2 Å². The van der Waals surface area contributed by atoms with Gasteiger partial charge in [-0.05, 0) is 43.7 Å². The zero-order chi connectivity index (χ0) is 25.1. The van der Waals surface area contributed by atoms with Crippen LogP contribution in [0.1, 0.15) is 18.7 Å². The van der Waals surface area contributed by atoms with Crippen LogP contribution in [0.3, 0.4) is 0 Å². The first-order chi connectivity index (χ1) is 17.4. The first-order valence-electron chi connectivity index (χ1n) is 12.0. The number of piperazine rings is 1. The first-order valence-corrected chi connectivity index (χ1v) is 14.3. The van der Waals surface area contributed by atoms with Gasteiger partial charge in [-0.2, -0.15) is 9.29 Å². The smallest absolute Gasteiger partial charge is 0.243 e. The summed E-state index contributed by atoms with van der Waals surface area (Å²) in [6.07, 6.45) is 1.73. The van der Waals surface area contributed by atoms with Gasteiger partial charge in [0.15, 0.2) is 0 Å². The molecule has 2 fully saturated rings. The van der Waals surface area contributed by atoms with E-state index in [2.05, 4.69) is 31.0 Å². The minimum atomic E-state index is -3.54. The average molecular weight is 575 g/mol. The van der Waals surface area contributed by atoms with Crippen LogP contribution in [0.4, 0.5) is 0 Å². The number of sulfonamides is 1. The highest BCUT2D eigenvalue weighted by atomic mass is 79.9. The second-order valence-corrected chi connectivity index (χ2v) is 12.0. The Hall–Kier alpha value is -2.60. The van der Waals surface area contributed by atoms with E-state index in [-0.39, 0.29) is 16.7 Å². The van der Waals surface area contributed by atoms with Gasteiger partial charge in [-0.1, -0.05) is 51.4 Å². The SMILES string of the molecule is O=C(C1CCCN(Cc2nc(-c3cccc(Br)c3)no2)C1)N1CCN(S(=O)(=O)c2ccccc2)CC1. The van der Waals surface area contributed by atoms with Gasteiger partial charge in [0.25, 0.3) is 0 Å². The topological polar surface area (TPSA) is 99.8 Å². The van der Waals surface area contributed by atoms with Crippen molar-refractivity contribution in [1.82, 2.24) is 24.2 Å². The summed E-state index contributed by atoms with van der Waals surface area (Å²) < 4.78 is 33.7. The summed E-state index contributed by atoms with van der Waals surface area (Å²) in [5.74, 6) is 1.04. The molecule has 0 N–H and O–H groups in total. The molecule has 11 heteroatoms. The molecule has 9 nitrogen and oxygen atoms in total. The number of halogens is 1. The standard InChI is InChI=1S/C25H28BrN5O4S/c26-21-8-4-6-19(16-21)24-27-23(35-28-24)18-29-11-5-7-20(17-29)25(32)30-12-14-31(15-13-30)36(33,34)22-9-2-1-3-10-22/h1-4,6,8-10,16,20H,5,7,11-15,17-18H2. The van der Waals surface area contributed by atoms with Crippen molar-refractivity contribution in [3.05, 3.63) is 65.0 Å². The summed E-state index contributed by atoms with van der Waals surface area (Å²) in [4.78, 5) is 22.1. The monoisotopic (exact) mass is 573 g/mol. The fourth-order valence-electron chi connectivity index (χ4n) is 4.80. The zero-order valence-electron chi connectivity index (χ0n) is 19.8. The normalized spacial score (nSPS) is 19.9. The van der Waals surface area contributed by atoms with Crippen molar-refractivity contribution in [3.8, 4) is 11.4 Å². The van der Waals surface area contributed by atoms with E-state index in [1.165, 1.54) is 4.31 Å². The largest absolute Gasteiger partial charge is 0.340 e. The third-order valence-electron chi connectivity index (χ3n) is 6.70. The van der Waals surface area contributed by atoms with Gasteiger partial charge >= 0.3 is 0 Å². The molecule has 1 aromatic heterocycles. The van der Waals surface area contributed by atoms with E-state index in [1.54, 1.807) is 30.3 Å². The molecule has 36 heavy (non-hydrogen) atoms. The lowest BCUT2D eigenvalue weighted by Gasteiger charge is -2.38. The number of piperidine rings is 1. The quantitative estimate of drug-likeness (QED) is 0.446. The van der Waals surface area contributed by atoms with Crippen molar-refractivity contribution >= 4 is 31.9 Å². The number of aromatic nitrogens is 2. The fraction of sp³-hybridized carbons (Fsp3) is 0.400. The van der Waals surface area contributed by atoms with Gasteiger partial charge in [-0.15, -0.1) is 0 Å². The number of carbonyl (C=O) groups is 1. The first kappa shape index (κ1) is 25.1. The summed E-state index contributed by atoms with van der Waals surface area (Å²) in [7, 11) is -3.54. The summed E-state index contributed by atoms with van der Waals surface area (Å²) in [6.45, 7) is 3.40. The van der Waals surface area contributed by atoms with Gasteiger partial charge in [0.05, 0.1) is 17.4 Å². The van der Waals surface area contributed by atoms with Crippen molar-refractivity contribution < 1.29 is 17.7 Å². The number of benzene rings is 2. The Morgan fingerprint density at radius 2 is 1.81 bits per heavy atom. The summed E-state index contributed by atoms with van der Waals surface area (Å²) in [6, 6.07) is 16.2. The number of hydrogen-bond acceptors (Lipinski definition) is 7. The summed E-state index contributed by atoms with van der Waals surface area (Å²) in [5.41, 5.74) is 0.875. The Morgan fingerprint density at radius 3 is 2.56 bits per heavy atom. The van der Waals surface area contributed by atoms with E-state index in [0.717, 1.165) is 29.4 Å². The number of hydrogen-bond donors (Lipinski definition) is 0. The molecule has 3 heterocycles. The highest BCUT2D eigenvalue weighted by Gasteiger charge is 2.34. The molecule has 2 aliphatic rings. The fourth-order valence-corrected chi connectivity index (χ4v) is 6.65. The van der Waals surface area contributed by atoms with Crippen molar-refractivity contribution in [2.45, 2.75) is 24.3 Å². The van der Waals surface area contributed by atoms with E-state index in [4.69, 9.17) is 4.52 Å². The highest BCUT2D eigenvalue weighted by molar-refractivity contribution is 9.10. The number of nitrogens with zero attached hydrogens (tertiary/aromatic N) is 5. The molecule has 0 aliphatic carbocycles. The Bertz CT molecular complexity index is 1310. The molecule has 5 rings (SSSR count). The molecule has 190 valence electrons. The Balaban J connectivity index is 1.16. The van der Waals surface area contributed by atoms with Gasteiger partial charge in [-0.3, -0.25) is 9.69 Å². The third kappa shape index (κ3) is 5.54. The molecule has 1 amide bonds. The molecule has 2 aromatic carbocycles. The van der Waals surface area contributed by atoms with Gasteiger partial charge in [-0.25, -0.2) is 8.42 Å². The zero-order valence-corrected chi connectivity index (χ0v) is 22.2. The lowest BCUT2D eigenvalue weighted by Crippen LogP contribution is -2.53. The maximum atomic E-state index is 13.3. The maximum absolute atomic E-state index is 13.3. The average Bonchev–Trinajstić information content (AvgIpc) is 3.37. The minimum Gasteiger partial charge on any atom is -0.340 e. The number of rotatable bonds is 6. The molecule has 0 bridgehead atoms. The number of amides is 1. The van der Waals surface area contributed by atoms with Crippen LogP contribution in [0.25, 0.3) is 11.4 Å². The van der Waals surface area contributed by atoms with Crippen LogP contribution in [0.5, 0.6) is 0 Å². The van der Waals surface area contributed by atoms with Crippen molar-refractivity contribution in [1.29, 1.82) is 0 Å². The minimum absolute atomic E-state index is 0.0943. The molecule has 3 aromatic rings. The van der Waals surface area contributed by atoms with Crippen LogP contribution in [-0.4, -0.2) is 77.8 Å². The second kappa shape index (κ2) is 10.8. The highest BCUT2D eigenvalue weighted by Crippen LogP contribution is 2.24. The molecular weight excluding hydrogens is 546 g/mol. The van der Waals surface area contributed by atoms with Gasteiger partial charge in [0.1, 0.15) is 0 Å². The van der Waals surface area contributed by atoms with Crippen molar-refractivity contribution in [2.24, 2.45) is 5.92 Å². The molecule has 1 atom stereocenters. The summed E-state index contributed by atoms with van der Waals surface area (Å²) in [5, 5.41) is 4.11. The number of carbonyl (C=O) groups excluding carboxylic acids is 1. The predicted octanol–water partition coefficient (Wildman–Crippen LogP) is 3.24.